The Morgan fingerprint density at radius 3 is 2.52 bits per heavy atom. The summed E-state index contributed by atoms with van der Waals surface area (Å²) >= 11 is 7.66. The number of unbranched alkanes of at least 4 members (excludes halogenated alkanes) is 1. The average molecular weight is 433 g/mol. The lowest BCUT2D eigenvalue weighted by atomic mass is 10.1. The second kappa shape index (κ2) is 12.6. The summed E-state index contributed by atoms with van der Waals surface area (Å²) in [5.74, 6) is 0.905. The Balaban J connectivity index is 2.03. The number of carbonyl (C=O) groups is 2. The van der Waals surface area contributed by atoms with Crippen LogP contribution in [0.3, 0.4) is 0 Å². The highest BCUT2D eigenvalue weighted by molar-refractivity contribution is 7.99. The van der Waals surface area contributed by atoms with Gasteiger partial charge in [0.25, 0.3) is 0 Å². The smallest absolute Gasteiger partial charge is 0.242 e. The maximum absolute atomic E-state index is 13.0. The van der Waals surface area contributed by atoms with Crippen molar-refractivity contribution >= 4 is 35.2 Å². The number of halogens is 1. The molecule has 0 aromatic heterocycles. The zero-order valence-electron chi connectivity index (χ0n) is 17.1. The number of rotatable bonds is 11. The average Bonchev–Trinajstić information content (AvgIpc) is 2.72. The van der Waals surface area contributed by atoms with E-state index in [2.05, 4.69) is 12.2 Å². The van der Waals surface area contributed by atoms with E-state index < -0.39 is 6.04 Å². The van der Waals surface area contributed by atoms with Gasteiger partial charge in [-0.3, -0.25) is 9.59 Å². The minimum atomic E-state index is -0.546. The normalized spacial score (nSPS) is 11.7. The van der Waals surface area contributed by atoms with Gasteiger partial charge < -0.3 is 10.2 Å². The highest BCUT2D eigenvalue weighted by atomic mass is 35.5. The van der Waals surface area contributed by atoms with Crippen LogP contribution in [-0.4, -0.2) is 35.1 Å². The van der Waals surface area contributed by atoms with Crippen LogP contribution in [-0.2, 0) is 21.9 Å². The molecule has 2 rings (SSSR count). The van der Waals surface area contributed by atoms with Gasteiger partial charge in [0.15, 0.2) is 0 Å². The fourth-order valence-corrected chi connectivity index (χ4v) is 3.95. The number of nitrogens with one attached hydrogen (secondary N) is 1. The van der Waals surface area contributed by atoms with E-state index in [9.17, 15) is 9.59 Å². The van der Waals surface area contributed by atoms with Gasteiger partial charge in [-0.25, -0.2) is 0 Å². The summed E-state index contributed by atoms with van der Waals surface area (Å²) in [4.78, 5) is 27.2. The van der Waals surface area contributed by atoms with Crippen molar-refractivity contribution in [2.24, 2.45) is 0 Å². The predicted molar refractivity (Wildman–Crippen MR) is 122 cm³/mol. The first kappa shape index (κ1) is 23.3. The molecule has 0 aliphatic heterocycles. The number of hydrogen-bond acceptors (Lipinski definition) is 3. The molecule has 0 radical (unpaired) electrons. The zero-order valence-corrected chi connectivity index (χ0v) is 18.6. The molecule has 0 spiro atoms. The van der Waals surface area contributed by atoms with Crippen molar-refractivity contribution in [1.29, 1.82) is 0 Å². The van der Waals surface area contributed by atoms with Crippen LogP contribution in [0.25, 0.3) is 0 Å². The van der Waals surface area contributed by atoms with E-state index in [1.54, 1.807) is 29.7 Å². The van der Waals surface area contributed by atoms with Crippen LogP contribution in [0.15, 0.2) is 54.6 Å². The van der Waals surface area contributed by atoms with E-state index in [0.29, 0.717) is 23.9 Å². The quantitative estimate of drug-likeness (QED) is 0.513. The molecule has 1 unspecified atom stereocenters. The maximum atomic E-state index is 13.0. The second-order valence-electron chi connectivity index (χ2n) is 6.95. The molecular weight excluding hydrogens is 404 g/mol. The molecule has 0 aliphatic carbocycles. The van der Waals surface area contributed by atoms with E-state index in [-0.39, 0.29) is 11.8 Å². The van der Waals surface area contributed by atoms with Gasteiger partial charge in [0, 0.05) is 23.9 Å². The van der Waals surface area contributed by atoms with Gasteiger partial charge >= 0.3 is 0 Å². The first-order chi connectivity index (χ1) is 14.0. The summed E-state index contributed by atoms with van der Waals surface area (Å²) in [6, 6.07) is 16.9. The number of hydrogen-bond donors (Lipinski definition) is 1. The second-order valence-corrected chi connectivity index (χ2v) is 8.37. The molecule has 0 aliphatic rings. The van der Waals surface area contributed by atoms with Gasteiger partial charge in [0.1, 0.15) is 6.04 Å². The molecule has 0 bridgehead atoms. The van der Waals surface area contributed by atoms with Crippen molar-refractivity contribution in [2.45, 2.75) is 45.0 Å². The number of benzene rings is 2. The summed E-state index contributed by atoms with van der Waals surface area (Å²) in [5.41, 5.74) is 2.09. The highest BCUT2D eigenvalue weighted by Gasteiger charge is 2.25. The molecule has 0 saturated heterocycles. The van der Waals surface area contributed by atoms with Crippen LogP contribution in [0.4, 0.5) is 0 Å². The summed E-state index contributed by atoms with van der Waals surface area (Å²) in [6.45, 7) is 4.84. The Morgan fingerprint density at radius 1 is 1.10 bits per heavy atom. The van der Waals surface area contributed by atoms with E-state index in [0.717, 1.165) is 24.2 Å². The molecule has 2 aromatic rings. The third-order valence-corrected chi connectivity index (χ3v) is 5.80. The molecular formula is C23H29ClN2O2S. The number of thioether (sulfide) groups is 1. The molecule has 1 atom stereocenters. The van der Waals surface area contributed by atoms with E-state index >= 15 is 0 Å². The van der Waals surface area contributed by atoms with Gasteiger partial charge in [-0.05, 0) is 36.6 Å². The largest absolute Gasteiger partial charge is 0.354 e. The lowest BCUT2D eigenvalue weighted by Crippen LogP contribution is -2.48. The lowest BCUT2D eigenvalue weighted by Gasteiger charge is -2.29. The standard InChI is InChI=1S/C23H29ClN2O2S/c1-3-4-13-25-23(28)18(2)26(15-20-11-8-12-21(24)14-20)22(27)17-29-16-19-9-6-5-7-10-19/h5-12,14,18H,3-4,13,15-17H2,1-2H3,(H,25,28). The van der Waals surface area contributed by atoms with E-state index in [1.807, 2.05) is 48.5 Å². The molecule has 156 valence electrons. The monoisotopic (exact) mass is 432 g/mol. The fraction of sp³-hybridized carbons (Fsp3) is 0.391. The van der Waals surface area contributed by atoms with Crippen molar-refractivity contribution in [2.75, 3.05) is 12.3 Å². The Kier molecular flexibility index (Phi) is 10.1. The molecule has 0 saturated carbocycles. The van der Waals surface area contributed by atoms with Crippen LogP contribution in [0.2, 0.25) is 5.02 Å². The molecule has 4 nitrogen and oxygen atoms in total. The number of nitrogens with zero attached hydrogens (tertiary/aromatic N) is 1. The Morgan fingerprint density at radius 2 is 1.83 bits per heavy atom. The lowest BCUT2D eigenvalue weighted by molar-refractivity contribution is -0.138. The first-order valence-corrected chi connectivity index (χ1v) is 11.5. The summed E-state index contributed by atoms with van der Waals surface area (Å²) < 4.78 is 0. The highest BCUT2D eigenvalue weighted by Crippen LogP contribution is 2.17. The van der Waals surface area contributed by atoms with Crippen molar-refractivity contribution in [3.05, 3.63) is 70.7 Å². The molecule has 29 heavy (non-hydrogen) atoms. The predicted octanol–water partition coefficient (Wildman–Crippen LogP) is 4.91. The zero-order chi connectivity index (χ0) is 21.1. The summed E-state index contributed by atoms with van der Waals surface area (Å²) in [7, 11) is 0. The molecule has 1 N–H and O–H groups in total. The summed E-state index contributed by atoms with van der Waals surface area (Å²) in [5, 5.41) is 3.55. The van der Waals surface area contributed by atoms with Crippen LogP contribution in [0, 0.1) is 0 Å². The van der Waals surface area contributed by atoms with Gasteiger partial charge in [-0.15, -0.1) is 11.8 Å². The SMILES string of the molecule is CCCCNC(=O)C(C)N(Cc1cccc(Cl)c1)C(=O)CSCc1ccccc1. The topological polar surface area (TPSA) is 49.4 Å². The Labute approximate surface area is 183 Å². The van der Waals surface area contributed by atoms with Gasteiger partial charge in [0.05, 0.1) is 5.75 Å². The Hall–Kier alpha value is -1.98. The van der Waals surface area contributed by atoms with Crippen LogP contribution >= 0.6 is 23.4 Å². The first-order valence-electron chi connectivity index (χ1n) is 9.94. The molecule has 6 heteroatoms. The van der Waals surface area contributed by atoms with E-state index in [4.69, 9.17) is 11.6 Å². The number of carbonyl (C=O) groups excluding carboxylic acids is 2. The third kappa shape index (κ3) is 8.11. The maximum Gasteiger partial charge on any atom is 0.242 e. The van der Waals surface area contributed by atoms with Crippen LogP contribution in [0.1, 0.15) is 37.8 Å². The van der Waals surface area contributed by atoms with Crippen molar-refractivity contribution in [3.8, 4) is 0 Å². The summed E-state index contributed by atoms with van der Waals surface area (Å²) in [6.07, 6.45) is 1.93. The van der Waals surface area contributed by atoms with Gasteiger partial charge in [-0.2, -0.15) is 0 Å². The van der Waals surface area contributed by atoms with Crippen LogP contribution in [0.5, 0.6) is 0 Å². The van der Waals surface area contributed by atoms with Crippen molar-refractivity contribution in [1.82, 2.24) is 10.2 Å². The fourth-order valence-electron chi connectivity index (χ4n) is 2.86. The molecule has 2 amide bonds. The molecule has 0 fully saturated rings. The third-order valence-electron chi connectivity index (χ3n) is 4.58. The molecule has 0 heterocycles. The van der Waals surface area contributed by atoms with E-state index in [1.165, 1.54) is 5.56 Å². The van der Waals surface area contributed by atoms with Crippen molar-refractivity contribution < 1.29 is 9.59 Å². The molecule has 2 aromatic carbocycles. The minimum Gasteiger partial charge on any atom is -0.354 e. The van der Waals surface area contributed by atoms with Gasteiger partial charge in [-0.1, -0.05) is 67.4 Å². The number of amides is 2. The van der Waals surface area contributed by atoms with Gasteiger partial charge in [0.2, 0.25) is 11.8 Å². The minimum absolute atomic E-state index is 0.0518. The Bertz CT molecular complexity index is 785. The van der Waals surface area contributed by atoms with Crippen LogP contribution < -0.4 is 5.32 Å². The van der Waals surface area contributed by atoms with Crippen molar-refractivity contribution in [3.63, 3.8) is 0 Å².